The maximum Gasteiger partial charge on any atom is 0.196 e. The summed E-state index contributed by atoms with van der Waals surface area (Å²) in [5.41, 5.74) is 1.80. The van der Waals surface area contributed by atoms with Crippen molar-refractivity contribution in [1.29, 1.82) is 0 Å². The molecule has 0 aromatic heterocycles. The number of aliphatic hydroxyl groups is 1. The van der Waals surface area contributed by atoms with Gasteiger partial charge < -0.3 is 9.84 Å². The highest BCUT2D eigenvalue weighted by Crippen LogP contribution is 2.33. The quantitative estimate of drug-likeness (QED) is 0.825. The van der Waals surface area contributed by atoms with E-state index in [9.17, 15) is 5.11 Å². The minimum absolute atomic E-state index is 0.0167. The molecule has 1 aliphatic heterocycles. The minimum atomic E-state index is -0.495. The molecule has 0 radical (unpaired) electrons. The molecule has 3 nitrogen and oxygen atoms in total. The van der Waals surface area contributed by atoms with E-state index in [4.69, 9.17) is 4.74 Å². The molecule has 0 spiro atoms. The van der Waals surface area contributed by atoms with Crippen LogP contribution in [0.5, 0.6) is 0 Å². The summed E-state index contributed by atoms with van der Waals surface area (Å²) in [6.45, 7) is 5.14. The topological polar surface area (TPSA) is 41.8 Å². The number of benzene rings is 1. The molecule has 0 saturated heterocycles. The third kappa shape index (κ3) is 1.61. The number of rotatable bonds is 2. The van der Waals surface area contributed by atoms with Crippen molar-refractivity contribution >= 4 is 5.90 Å². The fraction of sp³-hybridized carbons (Fsp3) is 0.462. The van der Waals surface area contributed by atoms with Crippen molar-refractivity contribution in [3.63, 3.8) is 0 Å². The molecule has 16 heavy (non-hydrogen) atoms. The Morgan fingerprint density at radius 1 is 1.44 bits per heavy atom. The van der Waals surface area contributed by atoms with Crippen LogP contribution in [-0.4, -0.2) is 24.2 Å². The summed E-state index contributed by atoms with van der Waals surface area (Å²) in [6, 6.07) is 8.08. The van der Waals surface area contributed by atoms with Crippen molar-refractivity contribution in [2.45, 2.75) is 25.8 Å². The molecule has 86 valence electrons. The smallest absolute Gasteiger partial charge is 0.196 e. The lowest BCUT2D eigenvalue weighted by Gasteiger charge is -2.33. The number of fused-ring (bicyclic) bond motifs is 1. The monoisotopic (exact) mass is 219 g/mol. The first-order valence-corrected chi connectivity index (χ1v) is 5.59. The Kier molecular flexibility index (Phi) is 2.97. The van der Waals surface area contributed by atoms with Gasteiger partial charge in [-0.15, -0.1) is 0 Å². The molecule has 0 bridgehead atoms. The molecule has 1 atom stereocenters. The summed E-state index contributed by atoms with van der Waals surface area (Å²) in [4.78, 5) is 4.42. The van der Waals surface area contributed by atoms with Crippen molar-refractivity contribution in [3.05, 3.63) is 35.4 Å². The number of aliphatic hydroxyl groups excluding tert-OH is 1. The van der Waals surface area contributed by atoms with E-state index in [2.05, 4.69) is 11.1 Å². The van der Waals surface area contributed by atoms with Gasteiger partial charge in [0, 0.05) is 0 Å². The van der Waals surface area contributed by atoms with E-state index in [1.807, 2.05) is 32.0 Å². The molecule has 1 heterocycles. The largest absolute Gasteiger partial charge is 0.481 e. The molecule has 0 unspecified atom stereocenters. The summed E-state index contributed by atoms with van der Waals surface area (Å²) >= 11 is 0. The van der Waals surface area contributed by atoms with Crippen LogP contribution in [0.15, 0.2) is 29.3 Å². The lowest BCUT2D eigenvalue weighted by atomic mass is 9.78. The highest BCUT2D eigenvalue weighted by Gasteiger charge is 2.37. The zero-order chi connectivity index (χ0) is 11.6. The van der Waals surface area contributed by atoms with Gasteiger partial charge in [0.1, 0.15) is 0 Å². The Hall–Kier alpha value is -1.35. The van der Waals surface area contributed by atoms with Crippen molar-refractivity contribution in [2.75, 3.05) is 13.2 Å². The van der Waals surface area contributed by atoms with E-state index >= 15 is 0 Å². The third-order valence-corrected chi connectivity index (χ3v) is 3.07. The molecule has 0 aliphatic carbocycles. The SMILES string of the molecule is CCOC1=NCc2ccccc2[C@]1(C)CO. The van der Waals surface area contributed by atoms with E-state index in [1.54, 1.807) is 0 Å². The number of nitrogens with zero attached hydrogens (tertiary/aromatic N) is 1. The normalized spacial score (nSPS) is 23.6. The maximum absolute atomic E-state index is 9.63. The molecule has 1 aliphatic rings. The lowest BCUT2D eigenvalue weighted by Crippen LogP contribution is -2.41. The second kappa shape index (κ2) is 4.26. The van der Waals surface area contributed by atoms with Crippen LogP contribution in [-0.2, 0) is 16.7 Å². The van der Waals surface area contributed by atoms with Gasteiger partial charge in [-0.25, -0.2) is 0 Å². The van der Waals surface area contributed by atoms with Gasteiger partial charge in [0.2, 0.25) is 0 Å². The molecule has 3 heteroatoms. The lowest BCUT2D eigenvalue weighted by molar-refractivity contribution is 0.206. The molecule has 1 N–H and O–H groups in total. The number of ether oxygens (including phenoxy) is 1. The Labute approximate surface area is 95.8 Å². The fourth-order valence-electron chi connectivity index (χ4n) is 2.14. The van der Waals surface area contributed by atoms with Crippen LogP contribution in [0.4, 0.5) is 0 Å². The van der Waals surface area contributed by atoms with Crippen LogP contribution in [0.25, 0.3) is 0 Å². The van der Waals surface area contributed by atoms with E-state index in [0.29, 0.717) is 19.0 Å². The Bertz CT molecular complexity index is 414. The van der Waals surface area contributed by atoms with Gasteiger partial charge in [-0.1, -0.05) is 24.3 Å². The minimum Gasteiger partial charge on any atom is -0.481 e. The number of aliphatic imine (C=N–C) groups is 1. The fourth-order valence-corrected chi connectivity index (χ4v) is 2.14. The highest BCUT2D eigenvalue weighted by atomic mass is 16.5. The van der Waals surface area contributed by atoms with Gasteiger partial charge in [0.05, 0.1) is 25.2 Å². The Balaban J connectivity index is 2.47. The van der Waals surface area contributed by atoms with Gasteiger partial charge in [-0.05, 0) is 25.0 Å². The zero-order valence-electron chi connectivity index (χ0n) is 9.73. The second-order valence-electron chi connectivity index (χ2n) is 4.20. The predicted octanol–water partition coefficient (Wildman–Crippen LogP) is 1.89. The molecular formula is C13H17NO2. The zero-order valence-corrected chi connectivity index (χ0v) is 9.73. The standard InChI is InChI=1S/C13H17NO2/c1-3-16-12-13(2,9-15)11-7-5-4-6-10(11)8-14-12/h4-7,15H,3,8-9H2,1-2H3/t13-/m0/s1. The molecule has 0 amide bonds. The van der Waals surface area contributed by atoms with Gasteiger partial charge in [-0.2, -0.15) is 0 Å². The van der Waals surface area contributed by atoms with Crippen molar-refractivity contribution < 1.29 is 9.84 Å². The molecule has 1 aromatic rings. The summed E-state index contributed by atoms with van der Waals surface area (Å²) in [6.07, 6.45) is 0. The molecule has 0 fully saturated rings. The summed E-state index contributed by atoms with van der Waals surface area (Å²) in [5.74, 6) is 0.649. The van der Waals surface area contributed by atoms with Crippen molar-refractivity contribution in [1.82, 2.24) is 0 Å². The van der Waals surface area contributed by atoms with Crippen LogP contribution in [0, 0.1) is 0 Å². The van der Waals surface area contributed by atoms with Gasteiger partial charge >= 0.3 is 0 Å². The maximum atomic E-state index is 9.63. The molecule has 0 saturated carbocycles. The third-order valence-electron chi connectivity index (χ3n) is 3.07. The first-order valence-electron chi connectivity index (χ1n) is 5.59. The van der Waals surface area contributed by atoms with Crippen LogP contribution < -0.4 is 0 Å². The Morgan fingerprint density at radius 2 is 2.19 bits per heavy atom. The van der Waals surface area contributed by atoms with Crippen LogP contribution >= 0.6 is 0 Å². The number of hydrogen-bond donors (Lipinski definition) is 1. The molecule has 2 rings (SSSR count). The van der Waals surface area contributed by atoms with E-state index in [-0.39, 0.29) is 6.61 Å². The van der Waals surface area contributed by atoms with E-state index in [0.717, 1.165) is 5.56 Å². The average molecular weight is 219 g/mol. The summed E-state index contributed by atoms with van der Waals surface area (Å²) < 4.78 is 5.54. The van der Waals surface area contributed by atoms with E-state index in [1.165, 1.54) is 5.56 Å². The average Bonchev–Trinajstić information content (AvgIpc) is 2.33. The highest BCUT2D eigenvalue weighted by molar-refractivity contribution is 5.89. The van der Waals surface area contributed by atoms with Gasteiger partial charge in [0.15, 0.2) is 5.90 Å². The van der Waals surface area contributed by atoms with Crippen LogP contribution in [0.2, 0.25) is 0 Å². The van der Waals surface area contributed by atoms with E-state index < -0.39 is 5.41 Å². The van der Waals surface area contributed by atoms with Crippen LogP contribution in [0.1, 0.15) is 25.0 Å². The van der Waals surface area contributed by atoms with Crippen LogP contribution in [0.3, 0.4) is 0 Å². The van der Waals surface area contributed by atoms with Crippen molar-refractivity contribution in [3.8, 4) is 0 Å². The molecular weight excluding hydrogens is 202 g/mol. The second-order valence-corrected chi connectivity index (χ2v) is 4.20. The summed E-state index contributed by atoms with van der Waals surface area (Å²) in [5, 5.41) is 9.63. The first kappa shape index (κ1) is 11.1. The first-order chi connectivity index (χ1) is 7.72. The van der Waals surface area contributed by atoms with Gasteiger partial charge in [-0.3, -0.25) is 4.99 Å². The Morgan fingerprint density at radius 3 is 2.88 bits per heavy atom. The predicted molar refractivity (Wildman–Crippen MR) is 63.6 cm³/mol. The van der Waals surface area contributed by atoms with Gasteiger partial charge in [0.25, 0.3) is 0 Å². The molecule has 1 aromatic carbocycles. The summed E-state index contributed by atoms with van der Waals surface area (Å²) in [7, 11) is 0. The number of hydrogen-bond acceptors (Lipinski definition) is 3. The van der Waals surface area contributed by atoms with Crippen molar-refractivity contribution in [2.24, 2.45) is 4.99 Å².